The number of carboxylic acid groups (broad SMARTS) is 1. The van der Waals surface area contributed by atoms with E-state index >= 15 is 0 Å². The minimum atomic E-state index is -0.900. The van der Waals surface area contributed by atoms with Gasteiger partial charge in [-0.05, 0) is 51.8 Å². The Balaban J connectivity index is 2.27. The van der Waals surface area contributed by atoms with Crippen LogP contribution in [0.25, 0.3) is 0 Å². The monoisotopic (exact) mass is 387 g/mol. The van der Waals surface area contributed by atoms with Crippen molar-refractivity contribution in [2.45, 2.75) is 6.54 Å². The van der Waals surface area contributed by atoms with Crippen molar-refractivity contribution in [2.75, 3.05) is 11.4 Å². The van der Waals surface area contributed by atoms with Crippen LogP contribution in [0.3, 0.4) is 0 Å². The van der Waals surface area contributed by atoms with Gasteiger partial charge < -0.3 is 10.0 Å². The molecule has 0 aliphatic carbocycles. The minimum absolute atomic E-state index is 0.111. The molecule has 0 bridgehead atoms. The molecule has 6 heteroatoms. The van der Waals surface area contributed by atoms with Gasteiger partial charge in [-0.25, -0.2) is 0 Å². The van der Waals surface area contributed by atoms with E-state index in [-0.39, 0.29) is 6.54 Å². The largest absolute Gasteiger partial charge is 0.480 e. The second kappa shape index (κ2) is 7.16. The molecular weight excluding hydrogens is 377 g/mol. The molecule has 0 aliphatic heterocycles. The number of benzene rings is 2. The predicted molar refractivity (Wildman–Crippen MR) is 89.3 cm³/mol. The van der Waals surface area contributed by atoms with Gasteiger partial charge in [0.2, 0.25) is 0 Å². The number of hydrogen-bond acceptors (Lipinski definition) is 2. The number of nitrogens with zero attached hydrogens (tertiary/aromatic N) is 1. The zero-order valence-electron chi connectivity index (χ0n) is 10.9. The van der Waals surface area contributed by atoms with Crippen LogP contribution in [-0.4, -0.2) is 17.6 Å². The lowest BCUT2D eigenvalue weighted by Gasteiger charge is -2.23. The number of halogens is 3. The maximum absolute atomic E-state index is 11.1. The summed E-state index contributed by atoms with van der Waals surface area (Å²) in [5, 5.41) is 10.3. The molecule has 1 N–H and O–H groups in total. The Bertz CT molecular complexity index is 664. The summed E-state index contributed by atoms with van der Waals surface area (Å²) in [5.41, 5.74) is 1.71. The Morgan fingerprint density at radius 2 is 1.95 bits per heavy atom. The summed E-state index contributed by atoms with van der Waals surface area (Å²) in [4.78, 5) is 12.8. The summed E-state index contributed by atoms with van der Waals surface area (Å²) in [6.07, 6.45) is 0. The summed E-state index contributed by atoms with van der Waals surface area (Å²) in [6.45, 7) is 0.336. The minimum Gasteiger partial charge on any atom is -0.480 e. The average molecular weight is 389 g/mol. The number of carboxylic acids is 1. The van der Waals surface area contributed by atoms with Crippen LogP contribution in [0.5, 0.6) is 0 Å². The van der Waals surface area contributed by atoms with Crippen molar-refractivity contribution in [1.29, 1.82) is 0 Å². The molecule has 0 radical (unpaired) electrons. The molecule has 0 saturated heterocycles. The van der Waals surface area contributed by atoms with Gasteiger partial charge in [-0.3, -0.25) is 4.79 Å². The predicted octanol–water partition coefficient (Wildman–Crippen LogP) is 4.85. The second-order valence-corrected chi connectivity index (χ2v) is 6.18. The van der Waals surface area contributed by atoms with Crippen molar-refractivity contribution in [2.24, 2.45) is 0 Å². The summed E-state index contributed by atoms with van der Waals surface area (Å²) in [7, 11) is 0. The van der Waals surface area contributed by atoms with Crippen molar-refractivity contribution in [1.82, 2.24) is 0 Å². The maximum atomic E-state index is 11.1. The van der Waals surface area contributed by atoms with Crippen LogP contribution in [0.1, 0.15) is 5.56 Å². The average Bonchev–Trinajstić information content (AvgIpc) is 2.42. The first-order valence-corrected chi connectivity index (χ1v) is 7.67. The van der Waals surface area contributed by atoms with Crippen molar-refractivity contribution in [3.63, 3.8) is 0 Å². The molecule has 0 unspecified atom stereocenters. The fourth-order valence-electron chi connectivity index (χ4n) is 1.93. The van der Waals surface area contributed by atoms with Crippen LogP contribution in [0, 0.1) is 0 Å². The molecule has 0 amide bonds. The third-order valence-corrected chi connectivity index (χ3v) is 4.31. The molecule has 0 aromatic heterocycles. The van der Waals surface area contributed by atoms with Gasteiger partial charge in [0.1, 0.15) is 6.54 Å². The Morgan fingerprint density at radius 3 is 2.57 bits per heavy atom. The molecule has 2 rings (SSSR count). The topological polar surface area (TPSA) is 40.5 Å². The third kappa shape index (κ3) is 4.63. The third-order valence-electron chi connectivity index (χ3n) is 2.86. The summed E-state index contributed by atoms with van der Waals surface area (Å²) in [5.74, 6) is -0.900. The highest BCUT2D eigenvalue weighted by Crippen LogP contribution is 2.26. The van der Waals surface area contributed by atoms with E-state index in [0.717, 1.165) is 15.7 Å². The number of rotatable bonds is 5. The van der Waals surface area contributed by atoms with Crippen LogP contribution in [0.2, 0.25) is 10.0 Å². The summed E-state index contributed by atoms with van der Waals surface area (Å²) in [6, 6.07) is 12.6. The zero-order chi connectivity index (χ0) is 15.4. The van der Waals surface area contributed by atoms with E-state index in [4.69, 9.17) is 28.3 Å². The first-order valence-electron chi connectivity index (χ1n) is 6.12. The van der Waals surface area contributed by atoms with E-state index in [9.17, 15) is 4.79 Å². The quantitative estimate of drug-likeness (QED) is 0.795. The number of hydrogen-bond donors (Lipinski definition) is 1. The Labute approximate surface area is 141 Å². The molecule has 0 atom stereocenters. The van der Waals surface area contributed by atoms with Crippen LogP contribution in [-0.2, 0) is 11.3 Å². The van der Waals surface area contributed by atoms with Gasteiger partial charge in [0.05, 0.1) is 5.02 Å². The Hall–Kier alpha value is -1.23. The van der Waals surface area contributed by atoms with Gasteiger partial charge in [0.15, 0.2) is 0 Å². The van der Waals surface area contributed by atoms with Gasteiger partial charge in [-0.15, -0.1) is 0 Å². The van der Waals surface area contributed by atoms with Gasteiger partial charge in [0.25, 0.3) is 0 Å². The van der Waals surface area contributed by atoms with Gasteiger partial charge in [-0.2, -0.15) is 0 Å². The molecule has 2 aromatic carbocycles. The van der Waals surface area contributed by atoms with Crippen molar-refractivity contribution >= 4 is 50.8 Å². The molecule has 0 heterocycles. The van der Waals surface area contributed by atoms with E-state index in [2.05, 4.69) is 15.9 Å². The molecule has 0 aliphatic rings. The Kier molecular flexibility index (Phi) is 5.51. The van der Waals surface area contributed by atoms with Crippen LogP contribution in [0.15, 0.2) is 46.9 Å². The first-order chi connectivity index (χ1) is 9.95. The second-order valence-electron chi connectivity index (χ2n) is 4.48. The number of carbonyl (C=O) groups is 1. The SMILES string of the molecule is O=C(O)CN(Cc1ccc(Cl)c(Br)c1)c1cccc(Cl)c1. The van der Waals surface area contributed by atoms with Crippen molar-refractivity contribution in [3.05, 3.63) is 62.5 Å². The standard InChI is InChI=1S/C15H12BrCl2NO2/c16-13-6-10(4-5-14(13)18)8-19(9-15(20)21)12-3-1-2-11(17)7-12/h1-7H,8-9H2,(H,20,21). The smallest absolute Gasteiger partial charge is 0.323 e. The van der Waals surface area contributed by atoms with Crippen molar-refractivity contribution in [3.8, 4) is 0 Å². The number of anilines is 1. The highest BCUT2D eigenvalue weighted by Gasteiger charge is 2.12. The number of aliphatic carboxylic acids is 1. The van der Waals surface area contributed by atoms with E-state index in [1.807, 2.05) is 18.2 Å². The van der Waals surface area contributed by atoms with E-state index in [1.165, 1.54) is 0 Å². The fourth-order valence-corrected chi connectivity index (χ4v) is 2.66. The van der Waals surface area contributed by atoms with Gasteiger partial charge in [0, 0.05) is 21.7 Å². The summed E-state index contributed by atoms with van der Waals surface area (Å²) >= 11 is 15.3. The molecular formula is C15H12BrCl2NO2. The van der Waals surface area contributed by atoms with Crippen LogP contribution in [0.4, 0.5) is 5.69 Å². The molecule has 21 heavy (non-hydrogen) atoms. The van der Waals surface area contributed by atoms with Gasteiger partial charge >= 0.3 is 5.97 Å². The molecule has 110 valence electrons. The maximum Gasteiger partial charge on any atom is 0.323 e. The van der Waals surface area contributed by atoms with Gasteiger partial charge in [-0.1, -0.05) is 35.3 Å². The highest BCUT2D eigenvalue weighted by atomic mass is 79.9. The lowest BCUT2D eigenvalue weighted by Crippen LogP contribution is -2.29. The van der Waals surface area contributed by atoms with Crippen LogP contribution < -0.4 is 4.90 Å². The normalized spacial score (nSPS) is 10.4. The Morgan fingerprint density at radius 1 is 1.19 bits per heavy atom. The summed E-state index contributed by atoms with van der Waals surface area (Å²) < 4.78 is 0.781. The zero-order valence-corrected chi connectivity index (χ0v) is 14.0. The first kappa shape index (κ1) is 16.1. The van der Waals surface area contributed by atoms with E-state index in [0.29, 0.717) is 16.6 Å². The fraction of sp³-hybridized carbons (Fsp3) is 0.133. The lowest BCUT2D eigenvalue weighted by molar-refractivity contribution is -0.135. The van der Waals surface area contributed by atoms with E-state index in [1.54, 1.807) is 29.2 Å². The molecule has 0 fully saturated rings. The van der Waals surface area contributed by atoms with E-state index < -0.39 is 5.97 Å². The molecule has 0 spiro atoms. The van der Waals surface area contributed by atoms with Crippen LogP contribution >= 0.6 is 39.1 Å². The lowest BCUT2D eigenvalue weighted by atomic mass is 10.2. The highest BCUT2D eigenvalue weighted by molar-refractivity contribution is 9.10. The molecule has 3 nitrogen and oxygen atoms in total. The molecule has 0 saturated carbocycles. The molecule has 2 aromatic rings. The van der Waals surface area contributed by atoms with Crippen molar-refractivity contribution < 1.29 is 9.90 Å².